The maximum absolute atomic E-state index is 11.9. The van der Waals surface area contributed by atoms with Gasteiger partial charge in [0.2, 0.25) is 0 Å². The molecule has 0 radical (unpaired) electrons. The summed E-state index contributed by atoms with van der Waals surface area (Å²) in [4.78, 5) is 24.1. The molecule has 104 valence electrons. The number of hydrogen-bond donors (Lipinski definition) is 3. The molecule has 0 bridgehead atoms. The molecule has 0 aliphatic heterocycles. The first-order valence-electron chi connectivity index (χ1n) is 6.39. The van der Waals surface area contributed by atoms with Crippen molar-refractivity contribution in [1.82, 2.24) is 10.2 Å². The third-order valence-electron chi connectivity index (χ3n) is 3.48. The van der Waals surface area contributed by atoms with E-state index in [2.05, 4.69) is 5.32 Å². The van der Waals surface area contributed by atoms with E-state index in [1.807, 2.05) is 0 Å². The van der Waals surface area contributed by atoms with Crippen molar-refractivity contribution in [2.45, 2.75) is 57.2 Å². The molecule has 1 fully saturated rings. The lowest BCUT2D eigenvalue weighted by atomic mass is 9.93. The average molecular weight is 258 g/mol. The minimum atomic E-state index is -0.991. The van der Waals surface area contributed by atoms with Crippen LogP contribution >= 0.6 is 0 Å². The number of aliphatic hydroxyl groups is 1. The number of urea groups is 1. The summed E-state index contributed by atoms with van der Waals surface area (Å²) in [7, 11) is 1.50. The van der Waals surface area contributed by atoms with Crippen LogP contribution in [0.4, 0.5) is 4.79 Å². The number of carboxylic acids is 1. The van der Waals surface area contributed by atoms with Crippen molar-refractivity contribution in [3.05, 3.63) is 0 Å². The molecule has 6 heteroatoms. The lowest BCUT2D eigenvalue weighted by molar-refractivity contribution is -0.141. The van der Waals surface area contributed by atoms with Gasteiger partial charge >= 0.3 is 12.0 Å². The molecule has 6 nitrogen and oxygen atoms in total. The zero-order chi connectivity index (χ0) is 13.7. The number of nitrogens with one attached hydrogen (secondary N) is 1. The number of carbonyl (C=O) groups excluding carboxylic acids is 1. The number of carboxylic acid groups (broad SMARTS) is 1. The van der Waals surface area contributed by atoms with E-state index in [9.17, 15) is 14.7 Å². The van der Waals surface area contributed by atoms with Crippen LogP contribution in [0.3, 0.4) is 0 Å². The first-order valence-corrected chi connectivity index (χ1v) is 6.39. The highest BCUT2D eigenvalue weighted by Crippen LogP contribution is 2.18. The number of rotatable bonds is 4. The number of nitrogens with zero attached hydrogens (tertiary/aromatic N) is 1. The Labute approximate surface area is 107 Å². The summed E-state index contributed by atoms with van der Waals surface area (Å²) in [5, 5.41) is 21.2. The number of hydrogen-bond acceptors (Lipinski definition) is 3. The Morgan fingerprint density at radius 1 is 1.33 bits per heavy atom. The molecule has 0 aromatic carbocycles. The number of carbonyl (C=O) groups is 2. The maximum Gasteiger partial charge on any atom is 0.326 e. The van der Waals surface area contributed by atoms with Gasteiger partial charge in [0.15, 0.2) is 0 Å². The van der Waals surface area contributed by atoms with Gasteiger partial charge in [0, 0.05) is 13.1 Å². The average Bonchev–Trinajstić information content (AvgIpc) is 2.32. The topological polar surface area (TPSA) is 89.9 Å². The van der Waals surface area contributed by atoms with Gasteiger partial charge in [-0.2, -0.15) is 0 Å². The second-order valence-corrected chi connectivity index (χ2v) is 4.83. The maximum atomic E-state index is 11.9. The quantitative estimate of drug-likeness (QED) is 0.695. The molecular formula is C12H22N2O4. The van der Waals surface area contributed by atoms with E-state index in [1.165, 1.54) is 11.9 Å². The van der Waals surface area contributed by atoms with Crippen molar-refractivity contribution >= 4 is 12.0 Å². The summed E-state index contributed by atoms with van der Waals surface area (Å²) in [6.45, 7) is 1.74. The van der Waals surface area contributed by atoms with Gasteiger partial charge in [-0.05, 0) is 32.1 Å². The second-order valence-electron chi connectivity index (χ2n) is 4.83. The van der Waals surface area contributed by atoms with Crippen LogP contribution < -0.4 is 5.32 Å². The fraction of sp³-hybridized carbons (Fsp3) is 0.833. The van der Waals surface area contributed by atoms with E-state index >= 15 is 0 Å². The van der Waals surface area contributed by atoms with Crippen molar-refractivity contribution < 1.29 is 19.8 Å². The monoisotopic (exact) mass is 258 g/mol. The van der Waals surface area contributed by atoms with E-state index in [4.69, 9.17) is 5.11 Å². The molecule has 0 spiro atoms. The van der Waals surface area contributed by atoms with Gasteiger partial charge in [0.1, 0.15) is 6.04 Å². The zero-order valence-corrected chi connectivity index (χ0v) is 10.9. The van der Waals surface area contributed by atoms with Crippen molar-refractivity contribution in [2.24, 2.45) is 0 Å². The highest BCUT2D eigenvalue weighted by Gasteiger charge is 2.27. The predicted octanol–water partition coefficient (Wildman–Crippen LogP) is 0.794. The molecule has 1 unspecified atom stereocenters. The Kier molecular flexibility index (Phi) is 5.40. The number of aliphatic hydroxyl groups excluding tert-OH is 1. The lowest BCUT2D eigenvalue weighted by Crippen LogP contribution is -2.50. The van der Waals surface area contributed by atoms with Gasteiger partial charge in [0.05, 0.1) is 6.10 Å². The van der Waals surface area contributed by atoms with E-state index < -0.39 is 12.0 Å². The van der Waals surface area contributed by atoms with Gasteiger partial charge < -0.3 is 20.4 Å². The Morgan fingerprint density at radius 2 is 1.89 bits per heavy atom. The second kappa shape index (κ2) is 6.58. The van der Waals surface area contributed by atoms with Gasteiger partial charge in [-0.25, -0.2) is 9.59 Å². The molecular weight excluding hydrogens is 236 g/mol. The summed E-state index contributed by atoms with van der Waals surface area (Å²) in [6.07, 6.45) is 2.96. The van der Waals surface area contributed by atoms with E-state index in [0.717, 1.165) is 12.8 Å². The van der Waals surface area contributed by atoms with Crippen molar-refractivity contribution in [3.8, 4) is 0 Å². The molecule has 3 N–H and O–H groups in total. The molecule has 0 aromatic heterocycles. The smallest absolute Gasteiger partial charge is 0.326 e. The zero-order valence-electron chi connectivity index (χ0n) is 10.9. The molecule has 0 heterocycles. The lowest BCUT2D eigenvalue weighted by Gasteiger charge is -2.30. The third kappa shape index (κ3) is 3.87. The Balaban J connectivity index is 2.46. The SMILES string of the molecule is CCC(C(=O)O)N(C)C(=O)NC1CCC(O)CC1. The number of likely N-dealkylation sites (N-methyl/N-ethyl adjacent to an activating group) is 1. The molecule has 0 aromatic rings. The first-order chi connectivity index (χ1) is 8.45. The highest BCUT2D eigenvalue weighted by molar-refractivity contribution is 5.82. The summed E-state index contributed by atoms with van der Waals surface area (Å²) < 4.78 is 0. The number of amides is 2. The van der Waals surface area contributed by atoms with Crippen LogP contribution in [-0.4, -0.2) is 52.3 Å². The van der Waals surface area contributed by atoms with Crippen molar-refractivity contribution in [2.75, 3.05) is 7.05 Å². The highest BCUT2D eigenvalue weighted by atomic mass is 16.4. The van der Waals surface area contributed by atoms with Gasteiger partial charge in [0.25, 0.3) is 0 Å². The molecule has 18 heavy (non-hydrogen) atoms. The third-order valence-corrected chi connectivity index (χ3v) is 3.48. The molecule has 1 atom stereocenters. The largest absolute Gasteiger partial charge is 0.480 e. The van der Waals surface area contributed by atoms with Gasteiger partial charge in [-0.3, -0.25) is 0 Å². The molecule has 1 saturated carbocycles. The Morgan fingerprint density at radius 3 is 2.33 bits per heavy atom. The summed E-state index contributed by atoms with van der Waals surface area (Å²) in [5.41, 5.74) is 0. The molecule has 0 saturated heterocycles. The van der Waals surface area contributed by atoms with E-state index in [1.54, 1.807) is 6.92 Å². The minimum absolute atomic E-state index is 0.0367. The standard InChI is InChI=1S/C12H22N2O4/c1-3-10(11(16)17)14(2)12(18)13-8-4-6-9(15)7-5-8/h8-10,15H,3-7H2,1-2H3,(H,13,18)(H,16,17). The summed E-state index contributed by atoms with van der Waals surface area (Å²) in [6, 6.07) is -1.11. The van der Waals surface area contributed by atoms with Crippen molar-refractivity contribution in [1.29, 1.82) is 0 Å². The molecule has 1 aliphatic rings. The van der Waals surface area contributed by atoms with Crippen LogP contribution in [0.2, 0.25) is 0 Å². The van der Waals surface area contributed by atoms with Gasteiger partial charge in [-0.1, -0.05) is 6.92 Å². The van der Waals surface area contributed by atoms with Crippen molar-refractivity contribution in [3.63, 3.8) is 0 Å². The Bertz CT molecular complexity index is 300. The molecule has 1 aliphatic carbocycles. The van der Waals surface area contributed by atoms with Crippen LogP contribution in [0.5, 0.6) is 0 Å². The van der Waals surface area contributed by atoms with Gasteiger partial charge in [-0.15, -0.1) is 0 Å². The Hall–Kier alpha value is -1.30. The van der Waals surface area contributed by atoms with Crippen LogP contribution in [0.1, 0.15) is 39.0 Å². The van der Waals surface area contributed by atoms with Crippen LogP contribution in [0.25, 0.3) is 0 Å². The fourth-order valence-corrected chi connectivity index (χ4v) is 2.25. The minimum Gasteiger partial charge on any atom is -0.480 e. The predicted molar refractivity (Wildman–Crippen MR) is 66.3 cm³/mol. The number of aliphatic carboxylic acids is 1. The first kappa shape index (κ1) is 14.8. The molecule has 1 rings (SSSR count). The fourth-order valence-electron chi connectivity index (χ4n) is 2.25. The summed E-state index contributed by atoms with van der Waals surface area (Å²) in [5.74, 6) is -0.991. The molecule has 2 amide bonds. The van der Waals surface area contributed by atoms with E-state index in [0.29, 0.717) is 19.3 Å². The summed E-state index contributed by atoms with van der Waals surface area (Å²) >= 11 is 0. The van der Waals surface area contributed by atoms with Crippen LogP contribution in [0.15, 0.2) is 0 Å². The normalized spacial score (nSPS) is 25.3. The van der Waals surface area contributed by atoms with Crippen LogP contribution in [0, 0.1) is 0 Å². The van der Waals surface area contributed by atoms with Crippen LogP contribution in [-0.2, 0) is 4.79 Å². The van der Waals surface area contributed by atoms with E-state index in [-0.39, 0.29) is 18.2 Å².